The predicted molar refractivity (Wildman–Crippen MR) is 137 cm³/mol. The molecule has 0 saturated heterocycles. The van der Waals surface area contributed by atoms with E-state index in [1.807, 2.05) is 0 Å². The monoisotopic (exact) mass is 504 g/mol. The Morgan fingerprint density at radius 1 is 0.771 bits per heavy atom. The summed E-state index contributed by atoms with van der Waals surface area (Å²) in [7, 11) is 0. The molecular formula is C27H52O8. The highest BCUT2D eigenvalue weighted by molar-refractivity contribution is 5.69. The molecule has 1 atom stereocenters. The molecule has 0 aliphatic carbocycles. The molecule has 0 aliphatic heterocycles. The van der Waals surface area contributed by atoms with Gasteiger partial charge in [-0.15, -0.1) is 0 Å². The van der Waals surface area contributed by atoms with Crippen LogP contribution in [0.2, 0.25) is 0 Å². The van der Waals surface area contributed by atoms with Crippen LogP contribution < -0.4 is 0 Å². The van der Waals surface area contributed by atoms with E-state index in [1.165, 1.54) is 31.3 Å². The third-order valence-corrected chi connectivity index (χ3v) is 6.62. The topological polar surface area (TPSA) is 137 Å². The molecule has 0 amide bonds. The van der Waals surface area contributed by atoms with E-state index in [4.69, 9.17) is 9.47 Å². The lowest BCUT2D eigenvalue weighted by Crippen LogP contribution is -2.44. The van der Waals surface area contributed by atoms with Gasteiger partial charge in [0.2, 0.25) is 0 Å². The first-order valence-corrected chi connectivity index (χ1v) is 13.0. The zero-order valence-corrected chi connectivity index (χ0v) is 22.5. The maximum absolute atomic E-state index is 12.2. The Bertz CT molecular complexity index is 559. The van der Waals surface area contributed by atoms with Crippen LogP contribution >= 0.6 is 0 Å². The van der Waals surface area contributed by atoms with Gasteiger partial charge in [-0.05, 0) is 38.0 Å². The summed E-state index contributed by atoms with van der Waals surface area (Å²) < 4.78 is 10.7. The number of esters is 1. The van der Waals surface area contributed by atoms with Crippen molar-refractivity contribution in [1.82, 2.24) is 0 Å². The molecule has 8 heteroatoms. The fourth-order valence-electron chi connectivity index (χ4n) is 3.64. The van der Waals surface area contributed by atoms with Crippen LogP contribution in [0.3, 0.4) is 0 Å². The highest BCUT2D eigenvalue weighted by Crippen LogP contribution is 2.22. The summed E-state index contributed by atoms with van der Waals surface area (Å²) in [4.78, 5) is 12.2. The number of carbonyl (C=O) groups is 1. The van der Waals surface area contributed by atoms with Crippen molar-refractivity contribution in [2.24, 2.45) is 22.7 Å². The summed E-state index contributed by atoms with van der Waals surface area (Å²) in [5.74, 6) is 1.09. The van der Waals surface area contributed by atoms with Crippen molar-refractivity contribution in [3.8, 4) is 0 Å². The van der Waals surface area contributed by atoms with E-state index in [2.05, 4.69) is 33.8 Å². The van der Waals surface area contributed by atoms with Crippen LogP contribution in [0.5, 0.6) is 0 Å². The summed E-state index contributed by atoms with van der Waals surface area (Å²) in [5.41, 5.74) is -1.16. The average molecular weight is 505 g/mol. The van der Waals surface area contributed by atoms with Gasteiger partial charge in [-0.25, -0.2) is 0 Å². The summed E-state index contributed by atoms with van der Waals surface area (Å²) >= 11 is 0. The van der Waals surface area contributed by atoms with Crippen LogP contribution in [-0.4, -0.2) is 84.4 Å². The molecule has 0 saturated carbocycles. The standard InChI is InChI=1S/C27H52O8/c1-22(2)8-5-9-23(3)10-6-11-24(4)12-7-13-25(33)35-21-27(17-31,18-32)20-34-19-26(14-28,15-29)16-30/h12,22-23,28-32H,5-11,13-21H2,1-4H3/b24-12+. The minimum atomic E-state index is -1.22. The second kappa shape index (κ2) is 19.1. The van der Waals surface area contributed by atoms with E-state index < -0.39 is 49.8 Å². The van der Waals surface area contributed by atoms with Gasteiger partial charge in [0.05, 0.1) is 57.1 Å². The molecule has 0 fully saturated rings. The molecular weight excluding hydrogens is 452 g/mol. The van der Waals surface area contributed by atoms with Crippen molar-refractivity contribution in [1.29, 1.82) is 0 Å². The van der Waals surface area contributed by atoms with Crippen molar-refractivity contribution < 1.29 is 39.8 Å². The molecule has 0 radical (unpaired) electrons. The number of aliphatic hydroxyl groups excluding tert-OH is 5. The van der Waals surface area contributed by atoms with Gasteiger partial charge in [-0.3, -0.25) is 4.79 Å². The molecule has 8 nitrogen and oxygen atoms in total. The van der Waals surface area contributed by atoms with Gasteiger partial charge in [-0.2, -0.15) is 0 Å². The van der Waals surface area contributed by atoms with E-state index in [9.17, 15) is 30.3 Å². The number of allylic oxidation sites excluding steroid dienone is 2. The van der Waals surface area contributed by atoms with Gasteiger partial charge < -0.3 is 35.0 Å². The SMILES string of the molecule is C/C(=C\CCC(=O)OCC(CO)(CO)COCC(CO)(CO)CO)CCCC(C)CCCC(C)C. The first-order valence-electron chi connectivity index (χ1n) is 13.0. The lowest BCUT2D eigenvalue weighted by molar-refractivity contribution is -0.154. The zero-order chi connectivity index (χ0) is 26.7. The summed E-state index contributed by atoms with van der Waals surface area (Å²) in [5, 5.41) is 47.6. The highest BCUT2D eigenvalue weighted by Gasteiger charge is 2.34. The van der Waals surface area contributed by atoms with Gasteiger partial charge in [0.1, 0.15) is 6.61 Å². The van der Waals surface area contributed by atoms with Crippen molar-refractivity contribution >= 4 is 5.97 Å². The Balaban J connectivity index is 4.34. The van der Waals surface area contributed by atoms with Crippen LogP contribution in [0.4, 0.5) is 0 Å². The molecule has 35 heavy (non-hydrogen) atoms. The molecule has 208 valence electrons. The van der Waals surface area contributed by atoms with Crippen LogP contribution in [-0.2, 0) is 14.3 Å². The van der Waals surface area contributed by atoms with Crippen LogP contribution in [0.15, 0.2) is 11.6 Å². The molecule has 5 N–H and O–H groups in total. The number of ether oxygens (including phenoxy) is 2. The van der Waals surface area contributed by atoms with E-state index in [1.54, 1.807) is 0 Å². The van der Waals surface area contributed by atoms with Gasteiger partial charge in [0.25, 0.3) is 0 Å². The van der Waals surface area contributed by atoms with E-state index >= 15 is 0 Å². The third kappa shape index (κ3) is 15.0. The third-order valence-electron chi connectivity index (χ3n) is 6.62. The summed E-state index contributed by atoms with van der Waals surface area (Å²) in [6.45, 7) is 5.98. The number of hydrogen-bond donors (Lipinski definition) is 5. The van der Waals surface area contributed by atoms with Gasteiger partial charge >= 0.3 is 5.97 Å². The number of rotatable bonds is 22. The first-order chi connectivity index (χ1) is 16.6. The zero-order valence-electron chi connectivity index (χ0n) is 22.5. The van der Waals surface area contributed by atoms with Gasteiger partial charge in [0, 0.05) is 6.42 Å². The largest absolute Gasteiger partial charge is 0.465 e. The molecule has 1 unspecified atom stereocenters. The lowest BCUT2D eigenvalue weighted by Gasteiger charge is -2.32. The second-order valence-corrected chi connectivity index (χ2v) is 10.9. The Hall–Kier alpha value is -1.03. The van der Waals surface area contributed by atoms with E-state index in [0.29, 0.717) is 6.42 Å². The minimum Gasteiger partial charge on any atom is -0.465 e. The lowest BCUT2D eigenvalue weighted by atomic mass is 9.90. The summed E-state index contributed by atoms with van der Waals surface area (Å²) in [6, 6.07) is 0. The smallest absolute Gasteiger partial charge is 0.306 e. The Kier molecular flexibility index (Phi) is 18.6. The number of hydrogen-bond acceptors (Lipinski definition) is 8. The molecule has 0 aromatic carbocycles. The molecule has 0 bridgehead atoms. The maximum atomic E-state index is 12.2. The first kappa shape index (κ1) is 34.0. The Labute approximate surface area is 212 Å². The fraction of sp³-hybridized carbons (Fsp3) is 0.889. The van der Waals surface area contributed by atoms with Crippen LogP contribution in [0, 0.1) is 22.7 Å². The molecule has 0 aliphatic rings. The number of carbonyl (C=O) groups excluding carboxylic acids is 1. The quantitative estimate of drug-likeness (QED) is 0.112. The maximum Gasteiger partial charge on any atom is 0.306 e. The summed E-state index contributed by atoms with van der Waals surface area (Å²) in [6.07, 6.45) is 10.1. The van der Waals surface area contributed by atoms with E-state index in [-0.39, 0.29) is 26.2 Å². The number of aliphatic hydroxyl groups is 5. The van der Waals surface area contributed by atoms with Crippen molar-refractivity contribution in [3.05, 3.63) is 11.6 Å². The van der Waals surface area contributed by atoms with Crippen LogP contribution in [0.25, 0.3) is 0 Å². The second-order valence-electron chi connectivity index (χ2n) is 10.9. The van der Waals surface area contributed by atoms with Crippen LogP contribution in [0.1, 0.15) is 79.1 Å². The average Bonchev–Trinajstić information content (AvgIpc) is 2.84. The fourth-order valence-corrected chi connectivity index (χ4v) is 3.64. The van der Waals surface area contributed by atoms with Gasteiger partial charge in [-0.1, -0.05) is 58.1 Å². The molecule has 0 rings (SSSR count). The van der Waals surface area contributed by atoms with Crippen molar-refractivity contribution in [2.45, 2.75) is 79.1 Å². The Morgan fingerprint density at radius 3 is 1.86 bits per heavy atom. The van der Waals surface area contributed by atoms with E-state index in [0.717, 1.165) is 24.7 Å². The van der Waals surface area contributed by atoms with Gasteiger partial charge in [0.15, 0.2) is 0 Å². The molecule has 0 spiro atoms. The molecule has 0 aromatic heterocycles. The minimum absolute atomic E-state index is 0.163. The predicted octanol–water partition coefficient (Wildman–Crippen LogP) is 2.84. The normalized spacial score (nSPS) is 13.9. The van der Waals surface area contributed by atoms with Crippen molar-refractivity contribution in [2.75, 3.05) is 52.9 Å². The molecule has 0 aromatic rings. The Morgan fingerprint density at radius 2 is 1.31 bits per heavy atom. The van der Waals surface area contributed by atoms with Crippen molar-refractivity contribution in [3.63, 3.8) is 0 Å². The highest BCUT2D eigenvalue weighted by atomic mass is 16.5. The molecule has 0 heterocycles.